The van der Waals surface area contributed by atoms with Crippen LogP contribution in [0.1, 0.15) is 6.42 Å². The van der Waals surface area contributed by atoms with Crippen LogP contribution >= 0.6 is 0 Å². The molecule has 0 unspecified atom stereocenters. The molecule has 6 nitrogen and oxygen atoms in total. The predicted molar refractivity (Wildman–Crippen MR) is 86.3 cm³/mol. The highest BCUT2D eigenvalue weighted by Gasteiger charge is 2.16. The summed E-state index contributed by atoms with van der Waals surface area (Å²) in [6, 6.07) is 9.73. The second kappa shape index (κ2) is 6.36. The van der Waals surface area contributed by atoms with E-state index in [1.165, 1.54) is 0 Å². The molecule has 0 saturated heterocycles. The van der Waals surface area contributed by atoms with Gasteiger partial charge in [0.2, 0.25) is 0 Å². The molecular weight excluding hydrogens is 292 g/mol. The highest BCUT2D eigenvalue weighted by atomic mass is 16.5. The largest absolute Gasteiger partial charge is 0.493 e. The van der Waals surface area contributed by atoms with Gasteiger partial charge in [0.1, 0.15) is 5.82 Å². The summed E-state index contributed by atoms with van der Waals surface area (Å²) in [4.78, 5) is 8.75. The van der Waals surface area contributed by atoms with Gasteiger partial charge in [-0.1, -0.05) is 0 Å². The van der Waals surface area contributed by atoms with Crippen LogP contribution in [0, 0.1) is 11.3 Å². The van der Waals surface area contributed by atoms with Crippen molar-refractivity contribution in [3.63, 3.8) is 0 Å². The zero-order valence-corrected chi connectivity index (χ0v) is 13.0. The van der Waals surface area contributed by atoms with Crippen molar-refractivity contribution in [1.82, 2.24) is 14.5 Å². The molecule has 0 spiro atoms. The second-order valence-corrected chi connectivity index (χ2v) is 4.93. The minimum Gasteiger partial charge on any atom is -0.493 e. The molecule has 2 heterocycles. The topological polar surface area (TPSA) is 73.0 Å². The summed E-state index contributed by atoms with van der Waals surface area (Å²) in [5.41, 5.74) is 2.66. The number of imidazole rings is 1. The molecule has 3 aromatic rings. The van der Waals surface area contributed by atoms with E-state index in [4.69, 9.17) is 19.7 Å². The fraction of sp³-hybridized carbons (Fsp3) is 0.235. The third kappa shape index (κ3) is 2.69. The molecule has 23 heavy (non-hydrogen) atoms. The number of nitriles is 1. The third-order valence-electron chi connectivity index (χ3n) is 3.64. The maximum Gasteiger partial charge on any atom is 0.163 e. The highest BCUT2D eigenvalue weighted by Crippen LogP contribution is 2.34. The molecule has 0 atom stereocenters. The Kier molecular flexibility index (Phi) is 4.11. The lowest BCUT2D eigenvalue weighted by Crippen LogP contribution is -2.00. The van der Waals surface area contributed by atoms with Crippen LogP contribution in [-0.2, 0) is 6.54 Å². The van der Waals surface area contributed by atoms with Gasteiger partial charge in [0.05, 0.1) is 37.7 Å². The van der Waals surface area contributed by atoms with Crippen LogP contribution in [0.2, 0.25) is 0 Å². The smallest absolute Gasteiger partial charge is 0.163 e. The molecule has 0 aliphatic rings. The molecule has 3 rings (SSSR count). The number of benzene rings is 1. The molecule has 0 aliphatic heterocycles. The maximum absolute atomic E-state index is 8.94. The maximum atomic E-state index is 8.94. The standard InChI is InChI=1S/C17H16N4O2/c1-22-15-10-13-14(11-16(15)23-2)21(9-3-6-18)17(20-13)12-4-7-19-8-5-12/h4-5,7-8,10-11H,3,9H2,1-2H3. The van der Waals surface area contributed by atoms with Crippen molar-refractivity contribution in [2.75, 3.05) is 14.2 Å². The summed E-state index contributed by atoms with van der Waals surface area (Å²) in [6.07, 6.45) is 3.85. The Bertz CT molecular complexity index is 866. The first-order valence-corrected chi connectivity index (χ1v) is 7.18. The number of aromatic nitrogens is 3. The summed E-state index contributed by atoms with van der Waals surface area (Å²) in [5, 5.41) is 8.94. The van der Waals surface area contributed by atoms with E-state index in [1.54, 1.807) is 26.6 Å². The Morgan fingerprint density at radius 2 is 1.83 bits per heavy atom. The number of pyridine rings is 1. The van der Waals surface area contributed by atoms with Gasteiger partial charge in [-0.2, -0.15) is 5.26 Å². The summed E-state index contributed by atoms with van der Waals surface area (Å²) < 4.78 is 12.7. The molecular formula is C17H16N4O2. The quantitative estimate of drug-likeness (QED) is 0.724. The van der Waals surface area contributed by atoms with E-state index in [0.717, 1.165) is 22.4 Å². The molecule has 0 N–H and O–H groups in total. The molecule has 0 amide bonds. The lowest BCUT2D eigenvalue weighted by molar-refractivity contribution is 0.355. The van der Waals surface area contributed by atoms with Crippen molar-refractivity contribution >= 4 is 11.0 Å². The first-order chi connectivity index (χ1) is 11.3. The van der Waals surface area contributed by atoms with Gasteiger partial charge in [-0.25, -0.2) is 4.98 Å². The fourth-order valence-corrected chi connectivity index (χ4v) is 2.56. The number of aryl methyl sites for hydroxylation is 1. The number of hydrogen-bond donors (Lipinski definition) is 0. The zero-order valence-electron chi connectivity index (χ0n) is 13.0. The van der Waals surface area contributed by atoms with Crippen molar-refractivity contribution in [2.24, 2.45) is 0 Å². The Balaban J connectivity index is 2.25. The van der Waals surface area contributed by atoms with Gasteiger partial charge < -0.3 is 14.0 Å². The Morgan fingerprint density at radius 1 is 1.13 bits per heavy atom. The summed E-state index contributed by atoms with van der Waals surface area (Å²) in [6.45, 7) is 0.556. The van der Waals surface area contributed by atoms with Gasteiger partial charge in [-0.05, 0) is 12.1 Å². The van der Waals surface area contributed by atoms with Crippen molar-refractivity contribution in [1.29, 1.82) is 5.26 Å². The van der Waals surface area contributed by atoms with E-state index in [0.29, 0.717) is 24.5 Å². The number of hydrogen-bond acceptors (Lipinski definition) is 5. The van der Waals surface area contributed by atoms with Gasteiger partial charge in [0.15, 0.2) is 11.5 Å². The van der Waals surface area contributed by atoms with Crippen LogP contribution < -0.4 is 9.47 Å². The van der Waals surface area contributed by atoms with Gasteiger partial charge in [0, 0.05) is 36.6 Å². The molecule has 1 aromatic carbocycles. The minimum atomic E-state index is 0.401. The van der Waals surface area contributed by atoms with E-state index < -0.39 is 0 Å². The first-order valence-electron chi connectivity index (χ1n) is 7.18. The molecule has 0 aliphatic carbocycles. The molecule has 0 radical (unpaired) electrons. The van der Waals surface area contributed by atoms with Gasteiger partial charge >= 0.3 is 0 Å². The second-order valence-electron chi connectivity index (χ2n) is 4.93. The summed E-state index contributed by atoms with van der Waals surface area (Å²) in [7, 11) is 3.20. The van der Waals surface area contributed by atoms with Crippen LogP contribution in [0.3, 0.4) is 0 Å². The summed E-state index contributed by atoms with van der Waals surface area (Å²) >= 11 is 0. The lowest BCUT2D eigenvalue weighted by Gasteiger charge is -2.09. The van der Waals surface area contributed by atoms with Gasteiger partial charge in [0.25, 0.3) is 0 Å². The average molecular weight is 308 g/mol. The molecule has 0 bridgehead atoms. The van der Waals surface area contributed by atoms with Crippen molar-refractivity contribution in [3.8, 4) is 29.0 Å². The SMILES string of the molecule is COc1cc2nc(-c3ccncc3)n(CCC#N)c2cc1OC. The van der Waals surface area contributed by atoms with Crippen LogP contribution in [0.25, 0.3) is 22.4 Å². The molecule has 0 saturated carbocycles. The Morgan fingerprint density at radius 3 is 2.48 bits per heavy atom. The molecule has 116 valence electrons. The van der Waals surface area contributed by atoms with Crippen LogP contribution in [0.4, 0.5) is 0 Å². The molecule has 0 fully saturated rings. The Labute approximate surface area is 133 Å². The molecule has 2 aromatic heterocycles. The predicted octanol–water partition coefficient (Wildman–Crippen LogP) is 3.03. The fourth-order valence-electron chi connectivity index (χ4n) is 2.56. The zero-order chi connectivity index (χ0) is 16.2. The van der Waals surface area contributed by atoms with E-state index >= 15 is 0 Å². The van der Waals surface area contributed by atoms with E-state index in [9.17, 15) is 0 Å². The summed E-state index contributed by atoms with van der Waals surface area (Å²) in [5.74, 6) is 2.07. The van der Waals surface area contributed by atoms with Crippen LogP contribution in [-0.4, -0.2) is 28.8 Å². The lowest BCUT2D eigenvalue weighted by atomic mass is 10.2. The first kappa shape index (κ1) is 14.9. The minimum absolute atomic E-state index is 0.401. The number of fused-ring (bicyclic) bond motifs is 1. The Hall–Kier alpha value is -3.07. The number of rotatable bonds is 5. The molecule has 6 heteroatoms. The van der Waals surface area contributed by atoms with E-state index in [-0.39, 0.29) is 0 Å². The van der Waals surface area contributed by atoms with Crippen LogP contribution in [0.15, 0.2) is 36.7 Å². The highest BCUT2D eigenvalue weighted by molar-refractivity contribution is 5.84. The monoisotopic (exact) mass is 308 g/mol. The van der Waals surface area contributed by atoms with E-state index in [2.05, 4.69) is 11.1 Å². The number of methoxy groups -OCH3 is 2. The normalized spacial score (nSPS) is 10.5. The number of ether oxygens (including phenoxy) is 2. The van der Waals surface area contributed by atoms with Crippen LogP contribution in [0.5, 0.6) is 11.5 Å². The van der Waals surface area contributed by atoms with Gasteiger partial charge in [-0.3, -0.25) is 4.98 Å². The van der Waals surface area contributed by atoms with Crippen molar-refractivity contribution in [3.05, 3.63) is 36.7 Å². The van der Waals surface area contributed by atoms with Crippen molar-refractivity contribution in [2.45, 2.75) is 13.0 Å². The van der Waals surface area contributed by atoms with Crippen molar-refractivity contribution < 1.29 is 9.47 Å². The van der Waals surface area contributed by atoms with E-state index in [1.807, 2.05) is 28.8 Å². The van der Waals surface area contributed by atoms with Gasteiger partial charge in [-0.15, -0.1) is 0 Å². The average Bonchev–Trinajstić information content (AvgIpc) is 2.96. The number of nitrogens with zero attached hydrogens (tertiary/aromatic N) is 4. The third-order valence-corrected chi connectivity index (χ3v) is 3.64.